The van der Waals surface area contributed by atoms with Crippen molar-refractivity contribution in [3.8, 4) is 0 Å². The molecule has 0 amide bonds. The van der Waals surface area contributed by atoms with Gasteiger partial charge in [-0.05, 0) is 38.0 Å². The van der Waals surface area contributed by atoms with E-state index in [4.69, 9.17) is 10.5 Å². The molecule has 2 nitrogen and oxygen atoms in total. The van der Waals surface area contributed by atoms with Crippen LogP contribution in [0.15, 0.2) is 18.2 Å². The summed E-state index contributed by atoms with van der Waals surface area (Å²) in [5, 5.41) is 0. The van der Waals surface area contributed by atoms with Crippen molar-refractivity contribution in [2.45, 2.75) is 32.4 Å². The van der Waals surface area contributed by atoms with Gasteiger partial charge in [0, 0.05) is 12.6 Å². The first-order chi connectivity index (χ1) is 7.54. The summed E-state index contributed by atoms with van der Waals surface area (Å²) in [5.41, 5.74) is 6.56. The van der Waals surface area contributed by atoms with Crippen LogP contribution in [0.2, 0.25) is 0 Å². The Morgan fingerprint density at radius 1 is 1.31 bits per heavy atom. The second-order valence-corrected chi connectivity index (χ2v) is 3.78. The Balaban J connectivity index is 2.62. The molecule has 90 valence electrons. The van der Waals surface area contributed by atoms with Crippen LogP contribution in [0.3, 0.4) is 0 Å². The van der Waals surface area contributed by atoms with Crippen molar-refractivity contribution in [3.63, 3.8) is 0 Å². The maximum Gasteiger partial charge on any atom is 0.159 e. The molecule has 0 spiro atoms. The highest BCUT2D eigenvalue weighted by Gasteiger charge is 2.14. The summed E-state index contributed by atoms with van der Waals surface area (Å²) in [7, 11) is 0. The molecule has 0 aliphatic heterocycles. The van der Waals surface area contributed by atoms with Crippen LogP contribution < -0.4 is 5.73 Å². The molecule has 0 fully saturated rings. The van der Waals surface area contributed by atoms with Crippen LogP contribution in [0, 0.1) is 11.6 Å². The number of rotatable bonds is 5. The first-order valence-corrected chi connectivity index (χ1v) is 5.35. The normalized spacial score (nSPS) is 14.8. The number of ether oxygens (including phenoxy) is 1. The average Bonchev–Trinajstić information content (AvgIpc) is 2.24. The maximum atomic E-state index is 12.9. The third kappa shape index (κ3) is 3.54. The fourth-order valence-electron chi connectivity index (χ4n) is 1.49. The van der Waals surface area contributed by atoms with Gasteiger partial charge in [0.1, 0.15) is 0 Å². The van der Waals surface area contributed by atoms with E-state index in [2.05, 4.69) is 0 Å². The predicted molar refractivity (Wildman–Crippen MR) is 59.1 cm³/mol. The molecule has 4 heteroatoms. The van der Waals surface area contributed by atoms with Crippen molar-refractivity contribution in [3.05, 3.63) is 35.4 Å². The van der Waals surface area contributed by atoms with E-state index in [1.807, 2.05) is 13.8 Å². The van der Waals surface area contributed by atoms with E-state index in [1.54, 1.807) is 0 Å². The van der Waals surface area contributed by atoms with Crippen molar-refractivity contribution in [2.24, 2.45) is 5.73 Å². The van der Waals surface area contributed by atoms with E-state index in [1.165, 1.54) is 12.1 Å². The van der Waals surface area contributed by atoms with Crippen molar-refractivity contribution >= 4 is 0 Å². The zero-order valence-corrected chi connectivity index (χ0v) is 9.54. The second-order valence-electron chi connectivity index (χ2n) is 3.78. The molecular formula is C12H17F2NO. The Hall–Kier alpha value is -1.00. The largest absolute Gasteiger partial charge is 0.377 e. The number of halogens is 2. The van der Waals surface area contributed by atoms with Gasteiger partial charge in [0.15, 0.2) is 11.6 Å². The Morgan fingerprint density at radius 2 is 2.00 bits per heavy atom. The van der Waals surface area contributed by atoms with E-state index in [-0.39, 0.29) is 12.1 Å². The molecule has 2 unspecified atom stereocenters. The first-order valence-electron chi connectivity index (χ1n) is 5.35. The van der Waals surface area contributed by atoms with Gasteiger partial charge in [0.05, 0.1) is 6.10 Å². The molecule has 1 aromatic carbocycles. The van der Waals surface area contributed by atoms with Gasteiger partial charge < -0.3 is 10.5 Å². The lowest BCUT2D eigenvalue weighted by Crippen LogP contribution is -2.36. The molecule has 0 heterocycles. The lowest BCUT2D eigenvalue weighted by molar-refractivity contribution is 0.0577. The van der Waals surface area contributed by atoms with Crippen LogP contribution >= 0.6 is 0 Å². The number of hydrogen-bond donors (Lipinski definition) is 1. The van der Waals surface area contributed by atoms with Crippen LogP contribution in [-0.2, 0) is 11.2 Å². The summed E-state index contributed by atoms with van der Waals surface area (Å²) in [6.45, 7) is 4.35. The number of benzene rings is 1. The minimum absolute atomic E-state index is 0.0990. The van der Waals surface area contributed by atoms with Gasteiger partial charge in [-0.2, -0.15) is 0 Å². The van der Waals surface area contributed by atoms with E-state index in [0.29, 0.717) is 18.6 Å². The van der Waals surface area contributed by atoms with Gasteiger partial charge in [-0.15, -0.1) is 0 Å². The maximum absolute atomic E-state index is 12.9. The van der Waals surface area contributed by atoms with Crippen molar-refractivity contribution in [2.75, 3.05) is 6.61 Å². The standard InChI is InChI=1S/C12H17F2NO/c1-3-16-8(2)12(15)7-9-4-5-10(13)11(14)6-9/h4-6,8,12H,3,7,15H2,1-2H3. The fraction of sp³-hybridized carbons (Fsp3) is 0.500. The zero-order chi connectivity index (χ0) is 12.1. The van der Waals surface area contributed by atoms with E-state index in [0.717, 1.165) is 6.07 Å². The summed E-state index contributed by atoms with van der Waals surface area (Å²) in [6.07, 6.45) is 0.372. The molecule has 0 aliphatic rings. The molecule has 0 radical (unpaired) electrons. The van der Waals surface area contributed by atoms with Crippen LogP contribution in [0.1, 0.15) is 19.4 Å². The molecule has 1 rings (SSSR count). The molecule has 0 saturated heterocycles. The van der Waals surface area contributed by atoms with Crippen molar-refractivity contribution < 1.29 is 13.5 Å². The Morgan fingerprint density at radius 3 is 2.56 bits per heavy atom. The van der Waals surface area contributed by atoms with E-state index in [9.17, 15) is 8.78 Å². The van der Waals surface area contributed by atoms with Gasteiger partial charge in [0.25, 0.3) is 0 Å². The summed E-state index contributed by atoms with van der Waals surface area (Å²) >= 11 is 0. The number of hydrogen-bond acceptors (Lipinski definition) is 2. The van der Waals surface area contributed by atoms with Crippen LogP contribution in [0.4, 0.5) is 8.78 Å². The SMILES string of the molecule is CCOC(C)C(N)Cc1ccc(F)c(F)c1. The predicted octanol–water partition coefficient (Wildman–Crippen LogP) is 2.26. The molecule has 0 aromatic heterocycles. The third-order valence-electron chi connectivity index (χ3n) is 2.49. The highest BCUT2D eigenvalue weighted by atomic mass is 19.2. The van der Waals surface area contributed by atoms with Crippen LogP contribution in [0.25, 0.3) is 0 Å². The molecule has 2 N–H and O–H groups in total. The molecule has 0 aliphatic carbocycles. The molecular weight excluding hydrogens is 212 g/mol. The fourth-order valence-corrected chi connectivity index (χ4v) is 1.49. The molecule has 1 aromatic rings. The molecule has 2 atom stereocenters. The monoisotopic (exact) mass is 229 g/mol. The summed E-state index contributed by atoms with van der Waals surface area (Å²) in [5.74, 6) is -1.68. The van der Waals surface area contributed by atoms with Gasteiger partial charge in [-0.25, -0.2) is 8.78 Å². The molecule has 0 bridgehead atoms. The highest BCUT2D eigenvalue weighted by Crippen LogP contribution is 2.11. The summed E-state index contributed by atoms with van der Waals surface area (Å²) < 4.78 is 31.0. The second kappa shape index (κ2) is 5.92. The van der Waals surface area contributed by atoms with E-state index < -0.39 is 11.6 Å². The van der Waals surface area contributed by atoms with Gasteiger partial charge in [-0.3, -0.25) is 0 Å². The first kappa shape index (κ1) is 13.1. The number of nitrogens with two attached hydrogens (primary N) is 1. The van der Waals surface area contributed by atoms with Gasteiger partial charge in [0.2, 0.25) is 0 Å². The Bertz CT molecular complexity index is 344. The Kier molecular flexibility index (Phi) is 4.83. The minimum atomic E-state index is -0.839. The third-order valence-corrected chi connectivity index (χ3v) is 2.49. The van der Waals surface area contributed by atoms with Crippen molar-refractivity contribution in [1.82, 2.24) is 0 Å². The van der Waals surface area contributed by atoms with Crippen LogP contribution in [0.5, 0.6) is 0 Å². The average molecular weight is 229 g/mol. The summed E-state index contributed by atoms with van der Waals surface area (Å²) in [4.78, 5) is 0. The smallest absolute Gasteiger partial charge is 0.159 e. The molecule has 0 saturated carbocycles. The zero-order valence-electron chi connectivity index (χ0n) is 9.54. The van der Waals surface area contributed by atoms with Gasteiger partial charge >= 0.3 is 0 Å². The lowest BCUT2D eigenvalue weighted by atomic mass is 10.0. The highest BCUT2D eigenvalue weighted by molar-refractivity contribution is 5.19. The van der Waals surface area contributed by atoms with E-state index >= 15 is 0 Å². The lowest BCUT2D eigenvalue weighted by Gasteiger charge is -2.19. The van der Waals surface area contributed by atoms with Crippen molar-refractivity contribution in [1.29, 1.82) is 0 Å². The topological polar surface area (TPSA) is 35.2 Å². The molecule has 16 heavy (non-hydrogen) atoms. The summed E-state index contributed by atoms with van der Waals surface area (Å²) in [6, 6.07) is 3.61. The van der Waals surface area contributed by atoms with Crippen LogP contribution in [-0.4, -0.2) is 18.8 Å². The quantitative estimate of drug-likeness (QED) is 0.840. The van der Waals surface area contributed by atoms with Gasteiger partial charge in [-0.1, -0.05) is 6.07 Å². The Labute approximate surface area is 94.4 Å². The minimum Gasteiger partial charge on any atom is -0.377 e.